The van der Waals surface area contributed by atoms with Gasteiger partial charge >= 0.3 is 0 Å². The molecule has 1 rings (SSSR count). The Morgan fingerprint density at radius 1 is 1.54 bits per heavy atom. The first kappa shape index (κ1) is 10.2. The molecule has 2 N–H and O–H groups in total. The van der Waals surface area contributed by atoms with Crippen LogP contribution in [0.15, 0.2) is 24.3 Å². The molecule has 1 atom stereocenters. The normalized spacial score (nSPS) is 12.8. The van der Waals surface area contributed by atoms with Crippen LogP contribution in [-0.4, -0.2) is 24.8 Å². The molecule has 0 saturated carbocycles. The Hall–Kier alpha value is -0.930. The smallest absolute Gasteiger partial charge is 0.123 e. The first-order valence-corrected chi connectivity index (χ1v) is 4.29. The third-order valence-electron chi connectivity index (χ3n) is 2.00. The van der Waals surface area contributed by atoms with Crippen molar-refractivity contribution in [2.75, 3.05) is 13.7 Å². The van der Waals surface area contributed by atoms with Crippen LogP contribution in [0.25, 0.3) is 0 Å². The van der Waals surface area contributed by atoms with Gasteiger partial charge in [-0.05, 0) is 31.2 Å². The van der Waals surface area contributed by atoms with Crippen molar-refractivity contribution in [3.8, 4) is 0 Å². The van der Waals surface area contributed by atoms with Crippen LogP contribution in [0.1, 0.15) is 5.56 Å². The van der Waals surface area contributed by atoms with Crippen molar-refractivity contribution in [2.45, 2.75) is 12.5 Å². The predicted molar refractivity (Wildman–Crippen MR) is 50.0 cm³/mol. The molecule has 0 heterocycles. The quantitative estimate of drug-likeness (QED) is 0.728. The monoisotopic (exact) mass is 183 g/mol. The average Bonchev–Trinajstić information content (AvgIpc) is 2.14. The van der Waals surface area contributed by atoms with Crippen LogP contribution in [0.5, 0.6) is 0 Å². The number of rotatable bonds is 4. The molecular weight excluding hydrogens is 169 g/mol. The Labute approximate surface area is 77.4 Å². The molecule has 0 aliphatic rings. The van der Waals surface area contributed by atoms with Crippen molar-refractivity contribution in [1.82, 2.24) is 5.32 Å². The van der Waals surface area contributed by atoms with E-state index in [9.17, 15) is 4.39 Å². The van der Waals surface area contributed by atoms with E-state index < -0.39 is 0 Å². The highest BCUT2D eigenvalue weighted by atomic mass is 19.1. The van der Waals surface area contributed by atoms with Gasteiger partial charge in [-0.1, -0.05) is 12.1 Å². The van der Waals surface area contributed by atoms with Crippen LogP contribution in [-0.2, 0) is 6.42 Å². The van der Waals surface area contributed by atoms with Gasteiger partial charge in [-0.25, -0.2) is 4.39 Å². The largest absolute Gasteiger partial charge is 0.395 e. The van der Waals surface area contributed by atoms with E-state index in [0.717, 1.165) is 5.56 Å². The molecule has 0 bridgehead atoms. The minimum Gasteiger partial charge on any atom is -0.395 e. The number of aliphatic hydroxyl groups excluding tert-OH is 1. The molecule has 3 heteroatoms. The maximum atomic E-state index is 12.7. The molecule has 0 aromatic heterocycles. The molecule has 1 aromatic carbocycles. The molecule has 72 valence electrons. The first-order valence-electron chi connectivity index (χ1n) is 4.29. The molecule has 2 nitrogen and oxygen atoms in total. The summed E-state index contributed by atoms with van der Waals surface area (Å²) in [4.78, 5) is 0. The van der Waals surface area contributed by atoms with Crippen LogP contribution in [0.2, 0.25) is 0 Å². The molecule has 1 aromatic rings. The fraction of sp³-hybridized carbons (Fsp3) is 0.400. The Balaban J connectivity index is 2.62. The summed E-state index contributed by atoms with van der Waals surface area (Å²) >= 11 is 0. The van der Waals surface area contributed by atoms with Gasteiger partial charge in [-0.2, -0.15) is 0 Å². The topological polar surface area (TPSA) is 32.3 Å². The number of nitrogens with one attached hydrogen (secondary N) is 1. The van der Waals surface area contributed by atoms with E-state index in [4.69, 9.17) is 5.11 Å². The molecule has 1 unspecified atom stereocenters. The number of aliphatic hydroxyl groups is 1. The van der Waals surface area contributed by atoms with Crippen molar-refractivity contribution in [3.05, 3.63) is 35.6 Å². The zero-order valence-electron chi connectivity index (χ0n) is 7.63. The summed E-state index contributed by atoms with van der Waals surface area (Å²) < 4.78 is 12.7. The maximum absolute atomic E-state index is 12.7. The summed E-state index contributed by atoms with van der Waals surface area (Å²) in [6.45, 7) is 0.0625. The summed E-state index contributed by atoms with van der Waals surface area (Å²) in [6.07, 6.45) is 0.644. The number of halogens is 1. The van der Waals surface area contributed by atoms with Gasteiger partial charge in [0, 0.05) is 6.04 Å². The van der Waals surface area contributed by atoms with Crippen LogP contribution in [0.3, 0.4) is 0 Å². The number of benzene rings is 1. The molecule has 0 aliphatic heterocycles. The Kier molecular flexibility index (Phi) is 3.86. The molecule has 0 radical (unpaired) electrons. The highest BCUT2D eigenvalue weighted by Gasteiger charge is 2.05. The van der Waals surface area contributed by atoms with Crippen LogP contribution < -0.4 is 5.32 Å². The van der Waals surface area contributed by atoms with Gasteiger partial charge in [0.2, 0.25) is 0 Å². The van der Waals surface area contributed by atoms with Crippen molar-refractivity contribution in [3.63, 3.8) is 0 Å². The van der Waals surface area contributed by atoms with Gasteiger partial charge < -0.3 is 10.4 Å². The zero-order chi connectivity index (χ0) is 9.68. The molecule has 0 fully saturated rings. The summed E-state index contributed by atoms with van der Waals surface area (Å²) in [5, 5.41) is 11.8. The Morgan fingerprint density at radius 2 is 2.31 bits per heavy atom. The van der Waals surface area contributed by atoms with Crippen LogP contribution in [0, 0.1) is 5.82 Å². The van der Waals surface area contributed by atoms with Crippen molar-refractivity contribution >= 4 is 0 Å². The van der Waals surface area contributed by atoms with Crippen molar-refractivity contribution in [2.24, 2.45) is 0 Å². The standard InChI is InChI=1S/C10H14FNO/c1-12-10(7-13)6-8-3-2-4-9(11)5-8/h2-5,10,12-13H,6-7H2,1H3. The van der Waals surface area contributed by atoms with Crippen LogP contribution >= 0.6 is 0 Å². The number of hydrogen-bond donors (Lipinski definition) is 2. The van der Waals surface area contributed by atoms with Gasteiger partial charge in [0.15, 0.2) is 0 Å². The van der Waals surface area contributed by atoms with Gasteiger partial charge in [0.1, 0.15) is 5.82 Å². The van der Waals surface area contributed by atoms with Gasteiger partial charge in [-0.15, -0.1) is 0 Å². The van der Waals surface area contributed by atoms with E-state index in [2.05, 4.69) is 5.32 Å². The average molecular weight is 183 g/mol. The molecule has 13 heavy (non-hydrogen) atoms. The second-order valence-corrected chi connectivity index (χ2v) is 3.00. The molecule has 0 aliphatic carbocycles. The predicted octanol–water partition coefficient (Wildman–Crippen LogP) is 0.948. The summed E-state index contributed by atoms with van der Waals surface area (Å²) in [5.74, 6) is -0.231. The summed E-state index contributed by atoms with van der Waals surface area (Å²) in [7, 11) is 1.78. The highest BCUT2D eigenvalue weighted by Crippen LogP contribution is 2.05. The second kappa shape index (κ2) is 4.94. The van der Waals surface area contributed by atoms with E-state index in [1.807, 2.05) is 6.07 Å². The number of hydrogen-bond acceptors (Lipinski definition) is 2. The third-order valence-corrected chi connectivity index (χ3v) is 2.00. The summed E-state index contributed by atoms with van der Waals surface area (Å²) in [6, 6.07) is 6.43. The van der Waals surface area contributed by atoms with E-state index >= 15 is 0 Å². The number of likely N-dealkylation sites (N-methyl/N-ethyl adjacent to an activating group) is 1. The maximum Gasteiger partial charge on any atom is 0.123 e. The van der Waals surface area contributed by atoms with E-state index in [0.29, 0.717) is 6.42 Å². The fourth-order valence-electron chi connectivity index (χ4n) is 1.21. The van der Waals surface area contributed by atoms with E-state index in [-0.39, 0.29) is 18.5 Å². The molecule has 0 amide bonds. The lowest BCUT2D eigenvalue weighted by molar-refractivity contribution is 0.248. The third kappa shape index (κ3) is 3.13. The minimum absolute atomic E-state index is 0.00167. The van der Waals surface area contributed by atoms with Gasteiger partial charge in [0.25, 0.3) is 0 Å². The minimum atomic E-state index is -0.231. The lowest BCUT2D eigenvalue weighted by Gasteiger charge is -2.12. The lowest BCUT2D eigenvalue weighted by Crippen LogP contribution is -2.31. The fourth-order valence-corrected chi connectivity index (χ4v) is 1.21. The highest BCUT2D eigenvalue weighted by molar-refractivity contribution is 5.17. The van der Waals surface area contributed by atoms with E-state index in [1.54, 1.807) is 13.1 Å². The first-order chi connectivity index (χ1) is 6.26. The van der Waals surface area contributed by atoms with Crippen molar-refractivity contribution in [1.29, 1.82) is 0 Å². The van der Waals surface area contributed by atoms with Crippen LogP contribution in [0.4, 0.5) is 4.39 Å². The zero-order valence-corrected chi connectivity index (χ0v) is 7.63. The van der Waals surface area contributed by atoms with Gasteiger partial charge in [-0.3, -0.25) is 0 Å². The Morgan fingerprint density at radius 3 is 2.85 bits per heavy atom. The Bertz CT molecular complexity index is 261. The van der Waals surface area contributed by atoms with Gasteiger partial charge in [0.05, 0.1) is 6.61 Å². The second-order valence-electron chi connectivity index (χ2n) is 3.00. The molecular formula is C10H14FNO. The van der Waals surface area contributed by atoms with E-state index in [1.165, 1.54) is 12.1 Å². The lowest BCUT2D eigenvalue weighted by atomic mass is 10.1. The SMILES string of the molecule is CNC(CO)Cc1cccc(F)c1. The molecule has 0 saturated heterocycles. The molecule has 0 spiro atoms. The summed E-state index contributed by atoms with van der Waals surface area (Å²) in [5.41, 5.74) is 0.897. The van der Waals surface area contributed by atoms with Crippen molar-refractivity contribution < 1.29 is 9.50 Å².